The lowest BCUT2D eigenvalue weighted by Crippen LogP contribution is -2.68. The number of nitrogens with zero attached hydrogens (tertiary/aromatic N) is 3. The highest BCUT2D eigenvalue weighted by Gasteiger charge is 2.54. The van der Waals surface area contributed by atoms with Crippen LogP contribution >= 0.6 is 0 Å². The molecule has 2 aromatic rings. The largest absolute Gasteiger partial charge is 0.497 e. The van der Waals surface area contributed by atoms with Crippen LogP contribution in [0, 0.1) is 0 Å². The summed E-state index contributed by atoms with van der Waals surface area (Å²) in [7, 11) is 7.55. The molecule has 0 saturated carbocycles. The molecule has 2 bridgehead atoms. The molecule has 0 spiro atoms. The average Bonchev–Trinajstić information content (AvgIpc) is 2.82. The van der Waals surface area contributed by atoms with Gasteiger partial charge in [-0.15, -0.1) is 6.58 Å². The molecular weight excluding hydrogens is 412 g/mol. The number of allylic oxidation sites excluding steroid dienone is 1. The maximum Gasteiger partial charge on any atom is 0.321 e. The molecule has 6 nitrogen and oxygen atoms in total. The summed E-state index contributed by atoms with van der Waals surface area (Å²) < 4.78 is 5.57. The number of aliphatic imine (C=N–C) groups is 1. The minimum absolute atomic E-state index is 0.0142. The number of carbonyl (C=O) groups is 1. The van der Waals surface area contributed by atoms with Crippen LogP contribution in [0.25, 0.3) is 0 Å². The smallest absolute Gasteiger partial charge is 0.321 e. The van der Waals surface area contributed by atoms with Gasteiger partial charge in [-0.05, 0) is 73.8 Å². The monoisotopic (exact) mass is 446 g/mol. The van der Waals surface area contributed by atoms with Crippen molar-refractivity contribution in [3.8, 4) is 5.75 Å². The van der Waals surface area contributed by atoms with Crippen LogP contribution in [0.15, 0.2) is 60.1 Å². The Hall–Kier alpha value is -3.12. The van der Waals surface area contributed by atoms with E-state index in [2.05, 4.69) is 41.0 Å². The predicted molar refractivity (Wildman–Crippen MR) is 135 cm³/mol. The molecule has 1 aliphatic heterocycles. The van der Waals surface area contributed by atoms with Gasteiger partial charge in [-0.25, -0.2) is 4.79 Å². The van der Waals surface area contributed by atoms with Crippen LogP contribution in [-0.2, 0) is 11.8 Å². The van der Waals surface area contributed by atoms with Crippen molar-refractivity contribution >= 4 is 17.9 Å². The van der Waals surface area contributed by atoms with E-state index in [1.54, 1.807) is 20.4 Å². The molecule has 174 valence electrons. The Balaban J connectivity index is 1.69. The number of likely N-dealkylation sites (tertiary alicyclic amines) is 1. The summed E-state index contributed by atoms with van der Waals surface area (Å²) in [6.07, 6.45) is 6.47. The number of likely N-dealkylation sites (N-methyl/N-ethyl adjacent to an activating group) is 2. The number of fused-ring (bicyclic) bond motifs is 4. The highest BCUT2D eigenvalue weighted by Crippen LogP contribution is 2.50. The Morgan fingerprint density at radius 1 is 1.33 bits per heavy atom. The molecule has 1 heterocycles. The van der Waals surface area contributed by atoms with Gasteiger partial charge in [-0.2, -0.15) is 0 Å². The van der Waals surface area contributed by atoms with Gasteiger partial charge < -0.3 is 19.9 Å². The van der Waals surface area contributed by atoms with Gasteiger partial charge in [0.2, 0.25) is 0 Å². The van der Waals surface area contributed by atoms with E-state index < -0.39 is 0 Å². The SMILES string of the molecule is C=CC[C@@]12CCN(C)C(Cc3ccc(OC)cc31)[C@@H]2N(C)C(=O)Nc1ccc(/C=N\C)cc1. The average molecular weight is 447 g/mol. The molecule has 0 aromatic heterocycles. The number of nitrogens with one attached hydrogen (secondary N) is 1. The van der Waals surface area contributed by atoms with Crippen molar-refractivity contribution in [2.75, 3.05) is 40.1 Å². The Kier molecular flexibility index (Phi) is 6.56. The zero-order chi connectivity index (χ0) is 23.6. The van der Waals surface area contributed by atoms with Crippen LogP contribution in [0.4, 0.5) is 10.5 Å². The molecule has 4 rings (SSSR count). The van der Waals surface area contributed by atoms with E-state index in [1.807, 2.05) is 48.4 Å². The van der Waals surface area contributed by atoms with Gasteiger partial charge in [0.15, 0.2) is 0 Å². The first-order valence-electron chi connectivity index (χ1n) is 11.5. The quantitative estimate of drug-likeness (QED) is 0.530. The van der Waals surface area contributed by atoms with Crippen molar-refractivity contribution in [3.05, 3.63) is 71.8 Å². The molecule has 2 amide bonds. The Labute approximate surface area is 197 Å². The van der Waals surface area contributed by atoms with Crippen molar-refractivity contribution in [1.82, 2.24) is 9.80 Å². The second-order valence-electron chi connectivity index (χ2n) is 9.17. The number of anilines is 1. The second kappa shape index (κ2) is 9.40. The fourth-order valence-corrected chi connectivity index (χ4v) is 5.77. The lowest BCUT2D eigenvalue weighted by atomic mass is 9.58. The second-order valence-corrected chi connectivity index (χ2v) is 9.17. The third kappa shape index (κ3) is 4.15. The summed E-state index contributed by atoms with van der Waals surface area (Å²) in [6.45, 7) is 5.07. The summed E-state index contributed by atoms with van der Waals surface area (Å²) in [5.41, 5.74) is 4.21. The minimum Gasteiger partial charge on any atom is -0.497 e. The number of hydrogen-bond acceptors (Lipinski definition) is 4. The van der Waals surface area contributed by atoms with E-state index >= 15 is 0 Å². The lowest BCUT2D eigenvalue weighted by Gasteiger charge is -2.58. The van der Waals surface area contributed by atoms with Crippen molar-refractivity contribution in [1.29, 1.82) is 0 Å². The molecule has 1 aliphatic carbocycles. The molecule has 1 saturated heterocycles. The lowest BCUT2D eigenvalue weighted by molar-refractivity contribution is 0.0142. The van der Waals surface area contributed by atoms with E-state index in [4.69, 9.17) is 4.74 Å². The highest BCUT2D eigenvalue weighted by molar-refractivity contribution is 5.90. The number of hydrogen-bond donors (Lipinski definition) is 1. The van der Waals surface area contributed by atoms with Crippen molar-refractivity contribution in [3.63, 3.8) is 0 Å². The molecule has 2 aliphatic rings. The number of amides is 2. The topological polar surface area (TPSA) is 57.2 Å². The standard InChI is InChI=1S/C27H34N4O2/c1-6-13-27-14-15-30(3)24(16-20-9-12-22(33-5)17-23(20)27)25(27)31(4)26(32)29-21-10-7-19(8-11-21)18-28-2/h6-12,17-18,24-25H,1,13-16H2,2-5H3,(H,29,32)/b28-18-/t24?,25-,27+/m0/s1. The summed E-state index contributed by atoms with van der Waals surface area (Å²) in [5.74, 6) is 0.858. The Morgan fingerprint density at radius 3 is 2.76 bits per heavy atom. The maximum atomic E-state index is 13.5. The van der Waals surface area contributed by atoms with Gasteiger partial charge in [-0.1, -0.05) is 24.3 Å². The first kappa shape index (κ1) is 23.1. The first-order chi connectivity index (χ1) is 15.9. The van der Waals surface area contributed by atoms with E-state index in [1.165, 1.54) is 11.1 Å². The molecule has 1 fully saturated rings. The first-order valence-corrected chi connectivity index (χ1v) is 11.5. The molecule has 0 radical (unpaired) electrons. The van der Waals surface area contributed by atoms with E-state index in [0.29, 0.717) is 0 Å². The fraction of sp³-hybridized carbons (Fsp3) is 0.407. The van der Waals surface area contributed by atoms with Crippen LogP contribution in [0.3, 0.4) is 0 Å². The van der Waals surface area contributed by atoms with Gasteiger partial charge in [-0.3, -0.25) is 4.99 Å². The molecule has 1 unspecified atom stereocenters. The zero-order valence-electron chi connectivity index (χ0n) is 20.0. The van der Waals surface area contributed by atoms with Gasteiger partial charge >= 0.3 is 6.03 Å². The van der Waals surface area contributed by atoms with Crippen LogP contribution in [0.5, 0.6) is 5.75 Å². The van der Waals surface area contributed by atoms with Crippen molar-refractivity contribution in [2.45, 2.75) is 36.8 Å². The van der Waals surface area contributed by atoms with E-state index in [9.17, 15) is 4.79 Å². The van der Waals surface area contributed by atoms with Gasteiger partial charge in [0.25, 0.3) is 0 Å². The summed E-state index contributed by atoms with van der Waals surface area (Å²) >= 11 is 0. The number of carbonyl (C=O) groups excluding carboxylic acids is 1. The molecule has 6 heteroatoms. The predicted octanol–water partition coefficient (Wildman–Crippen LogP) is 4.35. The molecule has 3 atom stereocenters. The number of urea groups is 1. The van der Waals surface area contributed by atoms with Gasteiger partial charge in [0.05, 0.1) is 13.2 Å². The van der Waals surface area contributed by atoms with Crippen LogP contribution in [0.1, 0.15) is 29.5 Å². The van der Waals surface area contributed by atoms with Gasteiger partial charge in [0, 0.05) is 37.5 Å². The fourth-order valence-electron chi connectivity index (χ4n) is 5.77. The number of methoxy groups -OCH3 is 1. The van der Waals surface area contributed by atoms with E-state index in [0.717, 1.165) is 42.8 Å². The van der Waals surface area contributed by atoms with E-state index in [-0.39, 0.29) is 23.5 Å². The van der Waals surface area contributed by atoms with Crippen LogP contribution in [0.2, 0.25) is 0 Å². The highest BCUT2D eigenvalue weighted by atomic mass is 16.5. The Bertz CT molecular complexity index is 1050. The number of rotatable bonds is 6. The zero-order valence-corrected chi connectivity index (χ0v) is 20.0. The summed E-state index contributed by atoms with van der Waals surface area (Å²) in [6, 6.07) is 14.3. The third-order valence-electron chi connectivity index (χ3n) is 7.38. The maximum absolute atomic E-state index is 13.5. The third-order valence-corrected chi connectivity index (χ3v) is 7.38. The van der Waals surface area contributed by atoms with Crippen LogP contribution in [-0.4, -0.2) is 68.9 Å². The summed E-state index contributed by atoms with van der Waals surface area (Å²) in [4.78, 5) is 21.8. The van der Waals surface area contributed by atoms with Crippen LogP contribution < -0.4 is 10.1 Å². The normalized spacial score (nSPS) is 24.2. The molecular formula is C27H34N4O2. The van der Waals surface area contributed by atoms with Gasteiger partial charge in [0.1, 0.15) is 5.75 Å². The molecule has 2 aromatic carbocycles. The number of ether oxygens (including phenoxy) is 1. The molecule has 33 heavy (non-hydrogen) atoms. The van der Waals surface area contributed by atoms with Crippen molar-refractivity contribution in [2.24, 2.45) is 4.99 Å². The van der Waals surface area contributed by atoms with Crippen molar-refractivity contribution < 1.29 is 9.53 Å². The minimum atomic E-state index is -0.200. The number of benzene rings is 2. The Morgan fingerprint density at radius 2 is 2.09 bits per heavy atom. The molecule has 1 N–H and O–H groups in total. The summed E-state index contributed by atoms with van der Waals surface area (Å²) in [5, 5.41) is 3.09. The number of piperidine rings is 1.